The smallest absolute Gasteiger partial charge is 0.322 e. The molecule has 6 nitrogen and oxygen atoms in total. The maximum absolute atomic E-state index is 14.2. The van der Waals surface area contributed by atoms with Crippen molar-refractivity contribution in [3.63, 3.8) is 0 Å². The summed E-state index contributed by atoms with van der Waals surface area (Å²) in [5, 5.41) is 2.63. The number of rotatable bonds is 5. The molecule has 0 bridgehead atoms. The summed E-state index contributed by atoms with van der Waals surface area (Å²) in [5.74, 6) is 0.996. The first-order valence-corrected chi connectivity index (χ1v) is 10.5. The Morgan fingerprint density at radius 2 is 2.06 bits per heavy atom. The Balaban J connectivity index is 1.56. The van der Waals surface area contributed by atoms with Crippen LogP contribution < -0.4 is 10.1 Å². The van der Waals surface area contributed by atoms with Crippen LogP contribution in [0.3, 0.4) is 0 Å². The number of methoxy groups -OCH3 is 1. The minimum Gasteiger partial charge on any atom is -0.497 e. The number of anilines is 1. The third-order valence-corrected chi connectivity index (χ3v) is 5.88. The van der Waals surface area contributed by atoms with Crippen molar-refractivity contribution in [2.24, 2.45) is 0 Å². The van der Waals surface area contributed by atoms with Gasteiger partial charge in [-0.3, -0.25) is 0 Å². The van der Waals surface area contributed by atoms with Crippen LogP contribution in [-0.2, 0) is 6.54 Å². The maximum atomic E-state index is 14.2. The largest absolute Gasteiger partial charge is 0.497 e. The fraction of sp³-hybridized carbons (Fsp3) is 0.304. The van der Waals surface area contributed by atoms with E-state index in [9.17, 15) is 9.18 Å². The number of hydrogen-bond donors (Lipinski definition) is 1. The molecule has 2 heterocycles. The highest BCUT2D eigenvalue weighted by Gasteiger charge is 2.33. The van der Waals surface area contributed by atoms with Gasteiger partial charge in [0.25, 0.3) is 0 Å². The molecule has 1 atom stereocenters. The third kappa shape index (κ3) is 4.37. The maximum Gasteiger partial charge on any atom is 0.322 e. The van der Waals surface area contributed by atoms with Gasteiger partial charge in [-0.25, -0.2) is 14.2 Å². The third-order valence-electron chi connectivity index (χ3n) is 5.59. The second-order valence-electron chi connectivity index (χ2n) is 7.57. The minimum atomic E-state index is -0.634. The molecule has 2 amide bonds. The number of benzene rings is 2. The zero-order chi connectivity index (χ0) is 22.0. The number of carbonyl (C=O) groups is 1. The lowest BCUT2D eigenvalue weighted by Gasteiger charge is -2.26. The first-order valence-electron chi connectivity index (χ1n) is 10.1. The van der Waals surface area contributed by atoms with Gasteiger partial charge in [0.15, 0.2) is 5.82 Å². The second-order valence-corrected chi connectivity index (χ2v) is 7.98. The lowest BCUT2D eigenvalue weighted by Crippen LogP contribution is -2.36. The van der Waals surface area contributed by atoms with E-state index in [1.165, 1.54) is 12.1 Å². The van der Waals surface area contributed by atoms with Crippen molar-refractivity contribution < 1.29 is 13.9 Å². The molecule has 2 aromatic carbocycles. The molecular formula is C23H24ClFN4O2. The number of nitrogens with one attached hydrogen (secondary N) is 1. The quantitative estimate of drug-likeness (QED) is 0.574. The van der Waals surface area contributed by atoms with Gasteiger partial charge in [0.05, 0.1) is 23.9 Å². The second kappa shape index (κ2) is 8.98. The molecule has 1 aromatic heterocycles. The highest BCUT2D eigenvalue weighted by Crippen LogP contribution is 2.33. The molecular weight excluding hydrogens is 419 g/mol. The van der Waals surface area contributed by atoms with Crippen molar-refractivity contribution >= 4 is 23.3 Å². The number of carbonyl (C=O) groups excluding carboxylic acids is 1. The number of nitrogens with zero attached hydrogens (tertiary/aromatic N) is 3. The lowest BCUT2D eigenvalue weighted by molar-refractivity contribution is 0.204. The molecule has 0 radical (unpaired) electrons. The number of imidazole rings is 1. The number of amides is 2. The molecule has 0 spiro atoms. The van der Waals surface area contributed by atoms with E-state index in [0.29, 0.717) is 13.1 Å². The van der Waals surface area contributed by atoms with Crippen LogP contribution in [0.1, 0.15) is 36.0 Å². The van der Waals surface area contributed by atoms with Crippen molar-refractivity contribution in [3.05, 3.63) is 76.6 Å². The van der Waals surface area contributed by atoms with E-state index in [2.05, 4.69) is 14.9 Å². The Bertz CT molecular complexity index is 1080. The van der Waals surface area contributed by atoms with E-state index in [-0.39, 0.29) is 22.8 Å². The summed E-state index contributed by atoms with van der Waals surface area (Å²) in [6, 6.07) is 11.9. The fourth-order valence-corrected chi connectivity index (χ4v) is 4.10. The average Bonchev–Trinajstić information content (AvgIpc) is 3.39. The Labute approximate surface area is 185 Å². The van der Waals surface area contributed by atoms with Crippen LogP contribution in [0.15, 0.2) is 48.7 Å². The molecule has 1 N–H and O–H groups in total. The molecule has 0 saturated carbocycles. The summed E-state index contributed by atoms with van der Waals surface area (Å²) in [6.07, 6.45) is 3.47. The van der Waals surface area contributed by atoms with Gasteiger partial charge in [0, 0.05) is 25.0 Å². The molecule has 31 heavy (non-hydrogen) atoms. The Hall–Kier alpha value is -3.06. The lowest BCUT2D eigenvalue weighted by atomic mass is 10.1. The molecule has 1 aliphatic rings. The Morgan fingerprint density at radius 3 is 2.81 bits per heavy atom. The number of halogens is 2. The monoisotopic (exact) mass is 442 g/mol. The van der Waals surface area contributed by atoms with Crippen LogP contribution >= 0.6 is 11.6 Å². The Kier molecular flexibility index (Phi) is 6.13. The zero-order valence-corrected chi connectivity index (χ0v) is 18.2. The van der Waals surface area contributed by atoms with E-state index >= 15 is 0 Å². The van der Waals surface area contributed by atoms with Gasteiger partial charge < -0.3 is 19.5 Å². The van der Waals surface area contributed by atoms with Crippen molar-refractivity contribution in [2.75, 3.05) is 19.0 Å². The molecule has 1 saturated heterocycles. The number of likely N-dealkylation sites (tertiary alicyclic amines) is 1. The average molecular weight is 443 g/mol. The van der Waals surface area contributed by atoms with E-state index in [1.807, 2.05) is 37.4 Å². The van der Waals surface area contributed by atoms with Crippen molar-refractivity contribution in [1.29, 1.82) is 0 Å². The summed E-state index contributed by atoms with van der Waals surface area (Å²) in [6.45, 7) is 3.22. The summed E-state index contributed by atoms with van der Waals surface area (Å²) >= 11 is 5.84. The van der Waals surface area contributed by atoms with Gasteiger partial charge >= 0.3 is 6.03 Å². The number of aromatic nitrogens is 2. The van der Waals surface area contributed by atoms with Crippen LogP contribution in [0.25, 0.3) is 0 Å². The highest BCUT2D eigenvalue weighted by molar-refractivity contribution is 6.31. The van der Waals surface area contributed by atoms with Crippen LogP contribution in [0.2, 0.25) is 5.02 Å². The van der Waals surface area contributed by atoms with Crippen LogP contribution in [-0.4, -0.2) is 34.1 Å². The number of urea groups is 1. The predicted octanol–water partition coefficient (Wildman–Crippen LogP) is 5.41. The van der Waals surface area contributed by atoms with Crippen molar-refractivity contribution in [2.45, 2.75) is 32.4 Å². The van der Waals surface area contributed by atoms with Crippen molar-refractivity contribution in [3.8, 4) is 5.75 Å². The topological polar surface area (TPSA) is 59.4 Å². The molecule has 1 unspecified atom stereocenters. The van der Waals surface area contributed by atoms with Crippen LogP contribution in [0.4, 0.5) is 14.9 Å². The van der Waals surface area contributed by atoms with Crippen LogP contribution in [0.5, 0.6) is 5.75 Å². The molecule has 1 aliphatic heterocycles. The minimum absolute atomic E-state index is 0.0265. The number of hydrogen-bond acceptors (Lipinski definition) is 3. The number of ether oxygens (including phenoxy) is 1. The van der Waals surface area contributed by atoms with Crippen LogP contribution in [0, 0.1) is 12.7 Å². The summed E-state index contributed by atoms with van der Waals surface area (Å²) in [7, 11) is 1.64. The van der Waals surface area contributed by atoms with Gasteiger partial charge in [-0.2, -0.15) is 0 Å². The molecule has 8 heteroatoms. The fourth-order valence-electron chi connectivity index (χ4n) is 3.93. The van der Waals surface area contributed by atoms with E-state index in [0.717, 1.165) is 35.7 Å². The molecule has 3 aromatic rings. The first kappa shape index (κ1) is 21.2. The van der Waals surface area contributed by atoms with E-state index in [4.69, 9.17) is 16.3 Å². The SMILES string of the molecule is COc1ccc(Cn2c(C)cnc2C2CCCN2C(=O)Nc2cccc(Cl)c2F)cc1. The molecule has 162 valence electrons. The van der Waals surface area contributed by atoms with E-state index in [1.54, 1.807) is 18.1 Å². The normalized spacial score (nSPS) is 15.9. The molecule has 0 aliphatic carbocycles. The standard InChI is InChI=1S/C23H24ClFN4O2/c1-15-13-26-22(29(15)14-16-8-10-17(31-2)11-9-16)20-7-4-12-28(20)23(30)27-19-6-3-5-18(24)21(19)25/h3,5-6,8-11,13,20H,4,7,12,14H2,1-2H3,(H,27,30). The van der Waals surface area contributed by atoms with Gasteiger partial charge in [-0.1, -0.05) is 29.8 Å². The summed E-state index contributed by atoms with van der Waals surface area (Å²) in [4.78, 5) is 19.3. The number of aryl methyl sites for hydroxylation is 1. The van der Waals surface area contributed by atoms with E-state index < -0.39 is 5.82 Å². The summed E-state index contributed by atoms with van der Waals surface area (Å²) < 4.78 is 21.6. The predicted molar refractivity (Wildman–Crippen MR) is 118 cm³/mol. The first-order chi connectivity index (χ1) is 15.0. The van der Waals surface area contributed by atoms with Gasteiger partial charge in [0.2, 0.25) is 0 Å². The summed E-state index contributed by atoms with van der Waals surface area (Å²) in [5.41, 5.74) is 2.19. The Morgan fingerprint density at radius 1 is 1.29 bits per heavy atom. The van der Waals surface area contributed by atoms with Crippen molar-refractivity contribution in [1.82, 2.24) is 14.5 Å². The molecule has 1 fully saturated rings. The highest BCUT2D eigenvalue weighted by atomic mass is 35.5. The van der Waals surface area contributed by atoms with Gasteiger partial charge in [-0.15, -0.1) is 0 Å². The van der Waals surface area contributed by atoms with Gasteiger partial charge in [0.1, 0.15) is 11.6 Å². The zero-order valence-electron chi connectivity index (χ0n) is 17.4. The molecule has 4 rings (SSSR count). The van der Waals surface area contributed by atoms with Gasteiger partial charge in [-0.05, 0) is 49.6 Å².